The quantitative estimate of drug-likeness (QED) is 0.442. The fourth-order valence-corrected chi connectivity index (χ4v) is 2.32. The molecule has 0 N–H and O–H groups in total. The molecule has 0 atom stereocenters. The highest BCUT2D eigenvalue weighted by molar-refractivity contribution is 6.21. The molecule has 1 aliphatic heterocycles. The Bertz CT molecular complexity index is 563. The first-order chi connectivity index (χ1) is 10.8. The summed E-state index contributed by atoms with van der Waals surface area (Å²) in [6, 6.07) is 6.85. The van der Waals surface area contributed by atoms with Gasteiger partial charge in [-0.25, -0.2) is 0 Å². The number of nitrogens with zero attached hydrogens (tertiary/aromatic N) is 1. The summed E-state index contributed by atoms with van der Waals surface area (Å²) in [5.41, 5.74) is 0.919. The van der Waals surface area contributed by atoms with Crippen LogP contribution in [0.15, 0.2) is 24.3 Å². The van der Waals surface area contributed by atoms with Gasteiger partial charge in [-0.05, 0) is 18.6 Å². The van der Waals surface area contributed by atoms with Crippen LogP contribution in [0.4, 0.5) is 0 Å². The van der Waals surface area contributed by atoms with Crippen LogP contribution in [0.2, 0.25) is 0 Å². The predicted octanol–water partition coefficient (Wildman–Crippen LogP) is 2.88. The highest BCUT2D eigenvalue weighted by Crippen LogP contribution is 2.21. The Kier molecular flexibility index (Phi) is 6.17. The second-order valence-electron chi connectivity index (χ2n) is 5.21. The van der Waals surface area contributed by atoms with E-state index in [0.29, 0.717) is 24.3 Å². The van der Waals surface area contributed by atoms with E-state index in [2.05, 4.69) is 18.8 Å². The molecule has 2 amide bonds. The van der Waals surface area contributed by atoms with Crippen LogP contribution in [0.3, 0.4) is 0 Å². The summed E-state index contributed by atoms with van der Waals surface area (Å²) < 4.78 is 5.40. The molecular weight excluding hydrogens is 278 g/mol. The van der Waals surface area contributed by atoms with Gasteiger partial charge in [-0.2, -0.15) is 0 Å². The molecule has 1 aromatic rings. The number of carbonyl (C=O) groups excluding carboxylic acids is 2. The van der Waals surface area contributed by atoms with E-state index in [1.54, 1.807) is 24.3 Å². The summed E-state index contributed by atoms with van der Waals surface area (Å²) >= 11 is 0. The molecule has 0 spiro atoms. The Morgan fingerprint density at radius 3 is 2.32 bits per heavy atom. The van der Waals surface area contributed by atoms with Crippen molar-refractivity contribution in [1.29, 1.82) is 0 Å². The number of unbranched alkanes of at least 4 members (excludes halogenated alkanes) is 3. The van der Waals surface area contributed by atoms with Crippen LogP contribution in [-0.2, 0) is 4.74 Å². The number of amides is 2. The maximum Gasteiger partial charge on any atom is 0.262 e. The first kappa shape index (κ1) is 16.3. The Morgan fingerprint density at radius 1 is 1.00 bits per heavy atom. The summed E-state index contributed by atoms with van der Waals surface area (Å²) in [7, 11) is 0. The third-order valence-electron chi connectivity index (χ3n) is 3.56. The molecule has 2 rings (SSSR count). The van der Waals surface area contributed by atoms with Crippen molar-refractivity contribution in [3.8, 4) is 11.8 Å². The zero-order valence-electron chi connectivity index (χ0n) is 12.9. The molecule has 0 bridgehead atoms. The van der Waals surface area contributed by atoms with Gasteiger partial charge in [0.1, 0.15) is 6.61 Å². The second kappa shape index (κ2) is 8.35. The maximum absolute atomic E-state index is 12.1. The van der Waals surface area contributed by atoms with Crippen LogP contribution in [0.1, 0.15) is 53.3 Å². The fourth-order valence-electron chi connectivity index (χ4n) is 2.32. The summed E-state index contributed by atoms with van der Waals surface area (Å²) in [6.45, 7) is 3.34. The number of ether oxygens (including phenoxy) is 1. The van der Waals surface area contributed by atoms with E-state index < -0.39 is 0 Å². The van der Waals surface area contributed by atoms with Gasteiger partial charge >= 0.3 is 0 Å². The average Bonchev–Trinajstić information content (AvgIpc) is 2.78. The predicted molar refractivity (Wildman–Crippen MR) is 84.5 cm³/mol. The molecule has 1 aromatic carbocycles. The zero-order chi connectivity index (χ0) is 15.8. The minimum Gasteiger partial charge on any atom is -0.369 e. The molecule has 0 fully saturated rings. The van der Waals surface area contributed by atoms with E-state index in [1.807, 2.05) is 0 Å². The summed E-state index contributed by atoms with van der Waals surface area (Å²) in [5, 5.41) is 0. The van der Waals surface area contributed by atoms with Gasteiger partial charge in [-0.1, -0.05) is 50.2 Å². The smallest absolute Gasteiger partial charge is 0.262 e. The second-order valence-corrected chi connectivity index (χ2v) is 5.21. The SMILES string of the molecule is CCCCCCOCC#CCN1C(=O)c2ccccc2C1=O. The molecule has 116 valence electrons. The number of imide groups is 1. The number of fused-ring (bicyclic) bond motifs is 1. The minimum absolute atomic E-state index is 0.117. The van der Waals surface area contributed by atoms with Gasteiger partial charge in [-0.15, -0.1) is 0 Å². The highest BCUT2D eigenvalue weighted by atomic mass is 16.5. The van der Waals surface area contributed by atoms with E-state index in [-0.39, 0.29) is 18.4 Å². The molecule has 4 nitrogen and oxygen atoms in total. The van der Waals surface area contributed by atoms with E-state index in [9.17, 15) is 9.59 Å². The fraction of sp³-hybridized carbons (Fsp3) is 0.444. The van der Waals surface area contributed by atoms with E-state index in [0.717, 1.165) is 6.42 Å². The van der Waals surface area contributed by atoms with Gasteiger partial charge in [0.25, 0.3) is 11.8 Å². The third-order valence-corrected chi connectivity index (χ3v) is 3.56. The molecule has 0 saturated heterocycles. The van der Waals surface area contributed by atoms with Gasteiger partial charge < -0.3 is 4.74 Å². The maximum atomic E-state index is 12.1. The molecule has 0 unspecified atom stereocenters. The normalized spacial score (nSPS) is 13.0. The minimum atomic E-state index is -0.268. The molecule has 4 heteroatoms. The Balaban J connectivity index is 1.74. The molecule has 0 aromatic heterocycles. The highest BCUT2D eigenvalue weighted by Gasteiger charge is 2.34. The van der Waals surface area contributed by atoms with Gasteiger partial charge in [0.05, 0.1) is 17.7 Å². The van der Waals surface area contributed by atoms with Gasteiger partial charge in [0, 0.05) is 6.61 Å². The number of hydrogen-bond acceptors (Lipinski definition) is 3. The van der Waals surface area contributed by atoms with Crippen molar-refractivity contribution in [3.05, 3.63) is 35.4 Å². The Labute approximate surface area is 131 Å². The van der Waals surface area contributed by atoms with Crippen molar-refractivity contribution in [2.75, 3.05) is 19.8 Å². The molecule has 1 aliphatic rings. The first-order valence-electron chi connectivity index (χ1n) is 7.74. The standard InChI is InChI=1S/C18H21NO3/c1-2-3-4-8-13-22-14-9-7-12-19-17(20)15-10-5-6-11-16(15)18(19)21/h5-6,10-11H,2-4,8,12-14H2,1H3. The number of rotatable bonds is 7. The van der Waals surface area contributed by atoms with Crippen LogP contribution >= 0.6 is 0 Å². The van der Waals surface area contributed by atoms with Gasteiger partial charge in [-0.3, -0.25) is 14.5 Å². The molecule has 22 heavy (non-hydrogen) atoms. The lowest BCUT2D eigenvalue weighted by Crippen LogP contribution is -2.30. The van der Waals surface area contributed by atoms with Crippen molar-refractivity contribution < 1.29 is 14.3 Å². The largest absolute Gasteiger partial charge is 0.369 e. The van der Waals surface area contributed by atoms with Crippen LogP contribution in [0.5, 0.6) is 0 Å². The molecule has 0 radical (unpaired) electrons. The molecule has 0 saturated carbocycles. The number of hydrogen-bond donors (Lipinski definition) is 0. The topological polar surface area (TPSA) is 46.6 Å². The van der Waals surface area contributed by atoms with Crippen LogP contribution in [-0.4, -0.2) is 36.5 Å². The summed E-state index contributed by atoms with van der Waals surface area (Å²) in [4.78, 5) is 25.3. The van der Waals surface area contributed by atoms with Crippen LogP contribution in [0, 0.1) is 11.8 Å². The lowest BCUT2D eigenvalue weighted by atomic mass is 10.1. The molecule has 1 heterocycles. The van der Waals surface area contributed by atoms with Crippen LogP contribution in [0.25, 0.3) is 0 Å². The Morgan fingerprint density at radius 2 is 1.68 bits per heavy atom. The third kappa shape index (κ3) is 3.96. The van der Waals surface area contributed by atoms with E-state index >= 15 is 0 Å². The monoisotopic (exact) mass is 299 g/mol. The van der Waals surface area contributed by atoms with Crippen molar-refractivity contribution in [2.24, 2.45) is 0 Å². The zero-order valence-corrected chi connectivity index (χ0v) is 12.9. The molecule has 0 aliphatic carbocycles. The van der Waals surface area contributed by atoms with Gasteiger partial charge in [0.15, 0.2) is 0 Å². The average molecular weight is 299 g/mol. The summed E-state index contributed by atoms with van der Waals surface area (Å²) in [5.74, 6) is 5.15. The molecular formula is C18H21NO3. The lowest BCUT2D eigenvalue weighted by Gasteiger charge is -2.08. The van der Waals surface area contributed by atoms with E-state index in [1.165, 1.54) is 24.2 Å². The first-order valence-corrected chi connectivity index (χ1v) is 7.74. The van der Waals surface area contributed by atoms with Crippen molar-refractivity contribution in [1.82, 2.24) is 4.90 Å². The lowest BCUT2D eigenvalue weighted by molar-refractivity contribution is 0.0674. The Hall–Kier alpha value is -2.12. The van der Waals surface area contributed by atoms with Gasteiger partial charge in [0.2, 0.25) is 0 Å². The number of benzene rings is 1. The van der Waals surface area contributed by atoms with Crippen molar-refractivity contribution in [2.45, 2.75) is 32.6 Å². The number of carbonyl (C=O) groups is 2. The van der Waals surface area contributed by atoms with Crippen LogP contribution < -0.4 is 0 Å². The summed E-state index contributed by atoms with van der Waals surface area (Å²) in [6.07, 6.45) is 4.67. The van der Waals surface area contributed by atoms with Crippen molar-refractivity contribution in [3.63, 3.8) is 0 Å². The van der Waals surface area contributed by atoms with Crippen molar-refractivity contribution >= 4 is 11.8 Å². The van der Waals surface area contributed by atoms with E-state index in [4.69, 9.17) is 4.74 Å².